The van der Waals surface area contributed by atoms with Gasteiger partial charge in [-0.15, -0.1) is 0 Å². The number of aromatic nitrogens is 3. The molecular formula is C25H20N4O5. The number of nitrogens with zero attached hydrogens (tertiary/aromatic N) is 3. The van der Waals surface area contributed by atoms with E-state index in [1.165, 1.54) is 6.26 Å². The normalized spacial score (nSPS) is 10.9. The lowest BCUT2D eigenvalue weighted by molar-refractivity contribution is 0.102. The summed E-state index contributed by atoms with van der Waals surface area (Å²) in [6, 6.07) is 14.1. The Hall–Kier alpha value is -4.66. The smallest absolute Gasteiger partial charge is 0.259 e. The van der Waals surface area contributed by atoms with Crippen LogP contribution in [-0.4, -0.2) is 28.1 Å². The molecule has 170 valence electrons. The van der Waals surface area contributed by atoms with Crippen molar-refractivity contribution < 1.29 is 23.2 Å². The third kappa shape index (κ3) is 4.18. The molecule has 34 heavy (non-hydrogen) atoms. The minimum atomic E-state index is -0.352. The predicted octanol–water partition coefficient (Wildman–Crippen LogP) is 5.03. The molecule has 0 saturated heterocycles. The molecule has 0 saturated carbocycles. The summed E-state index contributed by atoms with van der Waals surface area (Å²) in [5.74, 6) is 1.19. The number of hydrogen-bond acceptors (Lipinski definition) is 8. The average molecular weight is 456 g/mol. The van der Waals surface area contributed by atoms with Gasteiger partial charge < -0.3 is 23.7 Å². The fourth-order valence-corrected chi connectivity index (χ4v) is 3.53. The van der Waals surface area contributed by atoms with Crippen molar-refractivity contribution in [3.05, 3.63) is 84.0 Å². The first-order valence-corrected chi connectivity index (χ1v) is 10.4. The topological polar surface area (TPSA) is 113 Å². The standard InChI is InChI=1S/C25H20N4O5/c1-15-23-18(12-19(20-6-4-10-32-20)28-25(23)34-29-15)24(30)27-17-7-8-21(31-2)22(11-17)33-14-16-5-3-9-26-13-16/h3-13H,14H2,1-2H3,(H,27,30). The van der Waals surface area contributed by atoms with Gasteiger partial charge in [0.15, 0.2) is 17.3 Å². The van der Waals surface area contributed by atoms with Crippen LogP contribution in [0.25, 0.3) is 22.6 Å². The number of hydrogen-bond donors (Lipinski definition) is 1. The van der Waals surface area contributed by atoms with Crippen LogP contribution in [0.1, 0.15) is 21.6 Å². The zero-order valence-electron chi connectivity index (χ0n) is 18.4. The Labute approximate surface area is 194 Å². The fourth-order valence-electron chi connectivity index (χ4n) is 3.53. The molecule has 0 radical (unpaired) electrons. The third-order valence-corrected chi connectivity index (χ3v) is 5.17. The number of nitrogens with one attached hydrogen (secondary N) is 1. The molecule has 9 nitrogen and oxygen atoms in total. The van der Waals surface area contributed by atoms with Crippen molar-refractivity contribution in [2.75, 3.05) is 12.4 Å². The van der Waals surface area contributed by atoms with E-state index in [9.17, 15) is 4.79 Å². The SMILES string of the molecule is COc1ccc(NC(=O)c2cc(-c3ccco3)nc3onc(C)c23)cc1OCc1cccnc1. The molecule has 0 bridgehead atoms. The van der Waals surface area contributed by atoms with E-state index in [1.807, 2.05) is 12.1 Å². The van der Waals surface area contributed by atoms with Gasteiger partial charge in [0, 0.05) is 29.7 Å². The number of amides is 1. The molecule has 5 aromatic rings. The molecule has 4 aromatic heterocycles. The van der Waals surface area contributed by atoms with Gasteiger partial charge >= 0.3 is 0 Å². The first-order chi connectivity index (χ1) is 16.6. The molecule has 0 unspecified atom stereocenters. The predicted molar refractivity (Wildman–Crippen MR) is 124 cm³/mol. The first kappa shape index (κ1) is 21.2. The van der Waals surface area contributed by atoms with Crippen LogP contribution in [0.3, 0.4) is 0 Å². The van der Waals surface area contributed by atoms with E-state index in [2.05, 4.69) is 20.4 Å². The summed E-state index contributed by atoms with van der Waals surface area (Å²) in [5.41, 5.74) is 3.09. The average Bonchev–Trinajstić information content (AvgIpc) is 3.53. The van der Waals surface area contributed by atoms with E-state index in [0.717, 1.165) is 5.56 Å². The van der Waals surface area contributed by atoms with E-state index < -0.39 is 0 Å². The van der Waals surface area contributed by atoms with Gasteiger partial charge in [-0.2, -0.15) is 0 Å². The number of carbonyl (C=O) groups is 1. The highest BCUT2D eigenvalue weighted by Gasteiger charge is 2.21. The summed E-state index contributed by atoms with van der Waals surface area (Å²) >= 11 is 0. The molecule has 0 aliphatic heterocycles. The number of methoxy groups -OCH3 is 1. The Morgan fingerprint density at radius 2 is 2.03 bits per heavy atom. The lowest BCUT2D eigenvalue weighted by Gasteiger charge is -2.13. The molecule has 1 amide bonds. The molecule has 9 heteroatoms. The van der Waals surface area contributed by atoms with Crippen molar-refractivity contribution in [3.8, 4) is 23.0 Å². The van der Waals surface area contributed by atoms with Crippen LogP contribution in [0.15, 0.2) is 76.1 Å². The number of furan rings is 1. The monoisotopic (exact) mass is 456 g/mol. The van der Waals surface area contributed by atoms with Crippen LogP contribution < -0.4 is 14.8 Å². The first-order valence-electron chi connectivity index (χ1n) is 10.4. The summed E-state index contributed by atoms with van der Waals surface area (Å²) in [4.78, 5) is 21.9. The van der Waals surface area contributed by atoms with Crippen molar-refractivity contribution in [2.24, 2.45) is 0 Å². The van der Waals surface area contributed by atoms with Gasteiger partial charge in [0.1, 0.15) is 12.3 Å². The molecule has 5 rings (SSSR count). The van der Waals surface area contributed by atoms with Gasteiger partial charge in [-0.3, -0.25) is 9.78 Å². The van der Waals surface area contributed by atoms with Crippen molar-refractivity contribution in [1.29, 1.82) is 0 Å². The Balaban J connectivity index is 1.44. The number of ether oxygens (including phenoxy) is 2. The van der Waals surface area contributed by atoms with E-state index in [0.29, 0.717) is 51.9 Å². The summed E-state index contributed by atoms with van der Waals surface area (Å²) in [6.07, 6.45) is 4.96. The Kier molecular flexibility index (Phi) is 5.65. The van der Waals surface area contributed by atoms with Crippen molar-refractivity contribution >= 4 is 22.7 Å². The minimum Gasteiger partial charge on any atom is -0.493 e. The Bertz CT molecular complexity index is 1450. The number of pyridine rings is 2. The third-order valence-electron chi connectivity index (χ3n) is 5.17. The van der Waals surface area contributed by atoms with Crippen LogP contribution in [0, 0.1) is 6.92 Å². The van der Waals surface area contributed by atoms with Gasteiger partial charge in [-0.25, -0.2) is 4.98 Å². The molecule has 4 heterocycles. The Morgan fingerprint density at radius 1 is 1.12 bits per heavy atom. The zero-order valence-corrected chi connectivity index (χ0v) is 18.4. The second kappa shape index (κ2) is 9.07. The van der Waals surface area contributed by atoms with Gasteiger partial charge in [-0.05, 0) is 43.3 Å². The summed E-state index contributed by atoms with van der Waals surface area (Å²) in [5, 5.41) is 7.42. The van der Waals surface area contributed by atoms with Crippen LogP contribution in [0.4, 0.5) is 5.69 Å². The Morgan fingerprint density at radius 3 is 2.79 bits per heavy atom. The van der Waals surface area contributed by atoms with Crippen molar-refractivity contribution in [3.63, 3.8) is 0 Å². The molecule has 1 N–H and O–H groups in total. The van der Waals surface area contributed by atoms with Crippen LogP contribution >= 0.6 is 0 Å². The zero-order chi connectivity index (χ0) is 23.5. The molecule has 1 aromatic carbocycles. The van der Waals surface area contributed by atoms with E-state index in [4.69, 9.17) is 18.4 Å². The van der Waals surface area contributed by atoms with Crippen LogP contribution in [0.5, 0.6) is 11.5 Å². The second-order valence-corrected chi connectivity index (χ2v) is 7.45. The van der Waals surface area contributed by atoms with E-state index in [1.54, 1.807) is 62.8 Å². The molecule has 0 aliphatic carbocycles. The number of aryl methyl sites for hydroxylation is 1. The van der Waals surface area contributed by atoms with Crippen molar-refractivity contribution in [1.82, 2.24) is 15.1 Å². The highest BCUT2D eigenvalue weighted by Crippen LogP contribution is 2.32. The maximum atomic E-state index is 13.3. The molecule has 0 spiro atoms. The fraction of sp³-hybridized carbons (Fsp3) is 0.120. The van der Waals surface area contributed by atoms with Gasteiger partial charge in [0.25, 0.3) is 11.6 Å². The maximum absolute atomic E-state index is 13.3. The van der Waals surface area contributed by atoms with Crippen molar-refractivity contribution in [2.45, 2.75) is 13.5 Å². The quantitative estimate of drug-likeness (QED) is 0.363. The molecular weight excluding hydrogens is 436 g/mol. The number of fused-ring (bicyclic) bond motifs is 1. The minimum absolute atomic E-state index is 0.256. The van der Waals surface area contributed by atoms with E-state index in [-0.39, 0.29) is 11.6 Å². The number of benzene rings is 1. The van der Waals surface area contributed by atoms with E-state index >= 15 is 0 Å². The highest BCUT2D eigenvalue weighted by atomic mass is 16.5. The van der Waals surface area contributed by atoms with Crippen LogP contribution in [-0.2, 0) is 6.61 Å². The van der Waals surface area contributed by atoms with Gasteiger partial charge in [-0.1, -0.05) is 11.2 Å². The second-order valence-electron chi connectivity index (χ2n) is 7.45. The van der Waals surface area contributed by atoms with Gasteiger partial charge in [0.2, 0.25) is 0 Å². The number of carbonyl (C=O) groups excluding carboxylic acids is 1. The summed E-state index contributed by atoms with van der Waals surface area (Å²) in [7, 11) is 1.56. The summed E-state index contributed by atoms with van der Waals surface area (Å²) in [6.45, 7) is 2.06. The number of rotatable bonds is 7. The van der Waals surface area contributed by atoms with Crippen LogP contribution in [0.2, 0.25) is 0 Å². The van der Waals surface area contributed by atoms with Gasteiger partial charge in [0.05, 0.1) is 30.0 Å². The largest absolute Gasteiger partial charge is 0.493 e. The molecule has 0 fully saturated rings. The highest BCUT2D eigenvalue weighted by molar-refractivity contribution is 6.13. The lowest BCUT2D eigenvalue weighted by atomic mass is 10.1. The molecule has 0 aliphatic rings. The maximum Gasteiger partial charge on any atom is 0.259 e. The molecule has 0 atom stereocenters. The lowest BCUT2D eigenvalue weighted by Crippen LogP contribution is -2.13. The number of anilines is 1. The summed E-state index contributed by atoms with van der Waals surface area (Å²) < 4.78 is 22.1.